The van der Waals surface area contributed by atoms with Crippen LogP contribution in [-0.2, 0) is 13.6 Å². The highest BCUT2D eigenvalue weighted by Gasteiger charge is 2.34. The molecule has 1 aromatic carbocycles. The number of piperazine rings is 1. The Balaban J connectivity index is 1.45. The van der Waals surface area contributed by atoms with Gasteiger partial charge in [-0.05, 0) is 38.5 Å². The number of hydrogen-bond donors (Lipinski definition) is 0. The molecule has 1 fully saturated rings. The molecule has 1 aliphatic heterocycles. The molecule has 1 aliphatic rings. The average Bonchev–Trinajstić information content (AvgIpc) is 3.26. The van der Waals surface area contributed by atoms with E-state index in [1.165, 1.54) is 10.1 Å². The van der Waals surface area contributed by atoms with Crippen molar-refractivity contribution in [1.82, 2.24) is 34.2 Å². The summed E-state index contributed by atoms with van der Waals surface area (Å²) < 4.78 is 3.04. The summed E-state index contributed by atoms with van der Waals surface area (Å²) in [6.45, 7) is 8.19. The average molecular weight is 458 g/mol. The fourth-order valence-electron chi connectivity index (χ4n) is 4.91. The molecule has 3 aromatic heterocycles. The van der Waals surface area contributed by atoms with Gasteiger partial charge in [-0.2, -0.15) is 15.3 Å². The Labute approximate surface area is 197 Å². The van der Waals surface area contributed by atoms with E-state index in [2.05, 4.69) is 68.8 Å². The maximum atomic E-state index is 12.6. The zero-order chi connectivity index (χ0) is 24.0. The van der Waals surface area contributed by atoms with Gasteiger partial charge in [0.2, 0.25) is 0 Å². The Bertz CT molecular complexity index is 1470. The molecular weight excluding hydrogens is 430 g/mol. The van der Waals surface area contributed by atoms with Gasteiger partial charge in [-0.25, -0.2) is 4.79 Å². The highest BCUT2D eigenvalue weighted by molar-refractivity contribution is 5.85. The van der Waals surface area contributed by atoms with Gasteiger partial charge in [0.15, 0.2) is 11.3 Å². The molecule has 34 heavy (non-hydrogen) atoms. The molecule has 174 valence electrons. The standard InChI is InChI=1S/C24H27N9O/c1-15-13-33(23-22-21(30(4)24(34)28-23)14-31(29-22)10-7-25)16(2)12-32(15)17(3)18-5-6-19-20(11-18)27-9-8-26-19/h5-6,8-9,11,14-17H,10,12-13H2,1-4H3/t15-,16+,17-/m1/s1. The first kappa shape index (κ1) is 22.0. The summed E-state index contributed by atoms with van der Waals surface area (Å²) in [5, 5.41) is 13.7. The quantitative estimate of drug-likeness (QED) is 0.459. The molecule has 4 aromatic rings. The predicted octanol–water partition coefficient (Wildman–Crippen LogP) is 2.26. The fraction of sp³-hybridized carbons (Fsp3) is 0.417. The second-order valence-electron chi connectivity index (χ2n) is 9.02. The Hall–Kier alpha value is -3.84. The van der Waals surface area contributed by atoms with E-state index < -0.39 is 0 Å². The molecule has 3 atom stereocenters. The third-order valence-electron chi connectivity index (χ3n) is 6.82. The Kier molecular flexibility index (Phi) is 5.49. The van der Waals surface area contributed by atoms with Crippen LogP contribution in [0.5, 0.6) is 0 Å². The third kappa shape index (κ3) is 3.68. The second-order valence-corrected chi connectivity index (χ2v) is 9.02. The van der Waals surface area contributed by atoms with Crippen LogP contribution >= 0.6 is 0 Å². The van der Waals surface area contributed by atoms with E-state index in [1.807, 2.05) is 6.07 Å². The maximum Gasteiger partial charge on any atom is 0.349 e. The molecule has 5 rings (SSSR count). The van der Waals surface area contributed by atoms with Crippen LogP contribution in [0.2, 0.25) is 0 Å². The predicted molar refractivity (Wildman–Crippen MR) is 129 cm³/mol. The summed E-state index contributed by atoms with van der Waals surface area (Å²) in [5.74, 6) is 0.586. The SMILES string of the molecule is C[C@@H]1CN(c2nc(=O)n(C)c3cn(CC#N)nc23)[C@@H](C)CN1[C@H](C)c1ccc2nccnc2c1. The Morgan fingerprint density at radius 1 is 1.15 bits per heavy atom. The van der Waals surface area contributed by atoms with Gasteiger partial charge in [0.05, 0.1) is 28.8 Å². The third-order valence-corrected chi connectivity index (χ3v) is 6.82. The van der Waals surface area contributed by atoms with Crippen LogP contribution in [-0.4, -0.2) is 59.4 Å². The molecule has 4 heterocycles. The largest absolute Gasteiger partial charge is 0.349 e. The van der Waals surface area contributed by atoms with Gasteiger partial charge in [-0.3, -0.25) is 24.1 Å². The van der Waals surface area contributed by atoms with Crippen molar-refractivity contribution in [3.05, 3.63) is 52.8 Å². The van der Waals surface area contributed by atoms with Crippen molar-refractivity contribution in [2.75, 3.05) is 18.0 Å². The smallest absolute Gasteiger partial charge is 0.349 e. The van der Waals surface area contributed by atoms with Crippen LogP contribution in [0, 0.1) is 11.3 Å². The van der Waals surface area contributed by atoms with Crippen LogP contribution in [0.15, 0.2) is 41.6 Å². The first-order chi connectivity index (χ1) is 16.4. The minimum atomic E-state index is -0.327. The van der Waals surface area contributed by atoms with E-state index >= 15 is 0 Å². The van der Waals surface area contributed by atoms with E-state index in [0.29, 0.717) is 23.4 Å². The molecular formula is C24H27N9O. The number of fused-ring (bicyclic) bond motifs is 2. The molecule has 0 amide bonds. The Morgan fingerprint density at radius 2 is 1.91 bits per heavy atom. The van der Waals surface area contributed by atoms with Crippen LogP contribution < -0.4 is 10.6 Å². The normalized spacial score (nSPS) is 20.0. The molecule has 0 spiro atoms. The number of aryl methyl sites for hydroxylation is 1. The van der Waals surface area contributed by atoms with E-state index in [4.69, 9.17) is 5.26 Å². The van der Waals surface area contributed by atoms with Crippen LogP contribution in [0.4, 0.5) is 5.82 Å². The van der Waals surface area contributed by atoms with E-state index in [-0.39, 0.29) is 30.4 Å². The number of nitrogens with zero attached hydrogens (tertiary/aromatic N) is 9. The van der Waals surface area contributed by atoms with Crippen molar-refractivity contribution in [2.24, 2.45) is 7.05 Å². The monoisotopic (exact) mass is 457 g/mol. The number of benzene rings is 1. The van der Waals surface area contributed by atoms with E-state index in [9.17, 15) is 4.79 Å². The molecule has 0 bridgehead atoms. The highest BCUT2D eigenvalue weighted by Crippen LogP contribution is 2.32. The van der Waals surface area contributed by atoms with Gasteiger partial charge in [0.25, 0.3) is 0 Å². The molecule has 0 unspecified atom stereocenters. The van der Waals surface area contributed by atoms with Gasteiger partial charge in [-0.1, -0.05) is 6.07 Å². The van der Waals surface area contributed by atoms with Gasteiger partial charge in [-0.15, -0.1) is 0 Å². The molecule has 10 nitrogen and oxygen atoms in total. The molecule has 0 N–H and O–H groups in total. The van der Waals surface area contributed by atoms with Crippen molar-refractivity contribution in [2.45, 2.75) is 45.4 Å². The lowest BCUT2D eigenvalue weighted by molar-refractivity contribution is 0.119. The van der Waals surface area contributed by atoms with Crippen molar-refractivity contribution < 1.29 is 0 Å². The minimum absolute atomic E-state index is 0.114. The van der Waals surface area contributed by atoms with Crippen LogP contribution in [0.3, 0.4) is 0 Å². The van der Waals surface area contributed by atoms with Gasteiger partial charge >= 0.3 is 5.69 Å². The summed E-state index contributed by atoms with van der Waals surface area (Å²) in [5.41, 5.74) is 3.98. The zero-order valence-electron chi connectivity index (χ0n) is 19.8. The van der Waals surface area contributed by atoms with Crippen molar-refractivity contribution in [3.8, 4) is 6.07 Å². The lowest BCUT2D eigenvalue weighted by Crippen LogP contribution is -2.57. The van der Waals surface area contributed by atoms with E-state index in [1.54, 1.807) is 30.3 Å². The highest BCUT2D eigenvalue weighted by atomic mass is 16.1. The summed E-state index contributed by atoms with van der Waals surface area (Å²) in [6.07, 6.45) is 5.16. The molecule has 10 heteroatoms. The number of rotatable bonds is 4. The van der Waals surface area contributed by atoms with E-state index in [0.717, 1.165) is 17.6 Å². The van der Waals surface area contributed by atoms with Crippen LogP contribution in [0.1, 0.15) is 32.4 Å². The summed E-state index contributed by atoms with van der Waals surface area (Å²) >= 11 is 0. The first-order valence-electron chi connectivity index (χ1n) is 11.4. The topological polar surface area (TPSA) is 109 Å². The molecule has 0 saturated carbocycles. The van der Waals surface area contributed by atoms with Crippen molar-refractivity contribution >= 4 is 27.9 Å². The van der Waals surface area contributed by atoms with Crippen LogP contribution in [0.25, 0.3) is 22.1 Å². The molecule has 0 radical (unpaired) electrons. The van der Waals surface area contributed by atoms with Gasteiger partial charge < -0.3 is 4.90 Å². The first-order valence-corrected chi connectivity index (χ1v) is 11.4. The van der Waals surface area contributed by atoms with Crippen molar-refractivity contribution in [1.29, 1.82) is 5.26 Å². The summed E-state index contributed by atoms with van der Waals surface area (Å²) in [7, 11) is 1.68. The number of hydrogen-bond acceptors (Lipinski definition) is 8. The molecule has 0 aliphatic carbocycles. The number of aromatic nitrogens is 6. The minimum Gasteiger partial charge on any atom is -0.349 e. The summed E-state index contributed by atoms with van der Waals surface area (Å²) in [4.78, 5) is 30.5. The lowest BCUT2D eigenvalue weighted by Gasteiger charge is -2.47. The van der Waals surface area contributed by atoms with Gasteiger partial charge in [0.1, 0.15) is 6.54 Å². The number of anilines is 1. The van der Waals surface area contributed by atoms with Gasteiger partial charge in [0, 0.05) is 50.7 Å². The summed E-state index contributed by atoms with van der Waals surface area (Å²) in [6, 6.07) is 8.89. The lowest BCUT2D eigenvalue weighted by atomic mass is 10.00. The fourth-order valence-corrected chi connectivity index (χ4v) is 4.91. The maximum absolute atomic E-state index is 12.6. The Morgan fingerprint density at radius 3 is 2.68 bits per heavy atom. The number of nitriles is 1. The molecule has 1 saturated heterocycles. The second kappa shape index (κ2) is 8.50. The van der Waals surface area contributed by atoms with Crippen molar-refractivity contribution in [3.63, 3.8) is 0 Å². The zero-order valence-corrected chi connectivity index (χ0v) is 19.8.